The topological polar surface area (TPSA) is 111 Å². The Kier molecular flexibility index (Phi) is 5.58. The van der Waals surface area contributed by atoms with Crippen LogP contribution in [0.4, 0.5) is 42.4 Å². The minimum atomic E-state index is -5.72. The first-order valence-corrected chi connectivity index (χ1v) is 12.0. The van der Waals surface area contributed by atoms with Gasteiger partial charge in [-0.2, -0.15) is 27.1 Å². The summed E-state index contributed by atoms with van der Waals surface area (Å²) in [6.45, 7) is 0. The first-order valence-electron chi connectivity index (χ1n) is 12.0. The first kappa shape index (κ1) is 26.0. The Balaban J connectivity index is 1.44. The Morgan fingerprint density at radius 2 is 1.82 bits per heavy atom. The summed E-state index contributed by atoms with van der Waals surface area (Å²) < 4.78 is 94.6. The summed E-state index contributed by atoms with van der Waals surface area (Å²) in [5.41, 5.74) is 5.51. The second-order valence-corrected chi connectivity index (χ2v) is 9.81. The highest BCUT2D eigenvalue weighted by Gasteiger charge is 2.60. The third-order valence-corrected chi connectivity index (χ3v) is 7.32. The molecule has 1 saturated carbocycles. The molecular weight excluding hydrogens is 547 g/mol. The number of hydrogen-bond acceptors (Lipinski definition) is 6. The summed E-state index contributed by atoms with van der Waals surface area (Å²) in [7, 11) is 0. The van der Waals surface area contributed by atoms with E-state index in [9.17, 15) is 35.5 Å². The van der Waals surface area contributed by atoms with E-state index in [1.165, 1.54) is 22.8 Å². The monoisotopic (exact) mass is 565 g/mol. The Hall–Kier alpha value is -4.30. The number of anilines is 2. The Bertz CT molecular complexity index is 1680. The van der Waals surface area contributed by atoms with Crippen molar-refractivity contribution in [3.63, 3.8) is 0 Å². The van der Waals surface area contributed by atoms with Gasteiger partial charge in [-0.1, -0.05) is 6.07 Å². The number of nitrogens with one attached hydrogen (secondary N) is 1. The summed E-state index contributed by atoms with van der Waals surface area (Å²) in [5.74, 6) is -8.16. The van der Waals surface area contributed by atoms with Crippen molar-refractivity contribution in [3.05, 3.63) is 65.1 Å². The molecule has 2 aliphatic rings. The van der Waals surface area contributed by atoms with Crippen molar-refractivity contribution in [1.29, 1.82) is 0 Å². The lowest BCUT2D eigenvalue weighted by Gasteiger charge is -2.28. The van der Waals surface area contributed by atoms with Gasteiger partial charge in [0, 0.05) is 18.2 Å². The van der Waals surface area contributed by atoms with Gasteiger partial charge in [0.05, 0.1) is 5.56 Å². The molecule has 0 spiro atoms. The van der Waals surface area contributed by atoms with Crippen molar-refractivity contribution in [2.24, 2.45) is 5.92 Å². The highest BCUT2D eigenvalue weighted by atomic mass is 19.4. The second kappa shape index (κ2) is 8.60. The number of amides is 1. The fourth-order valence-electron chi connectivity index (χ4n) is 5.30. The third-order valence-electron chi connectivity index (χ3n) is 7.32. The molecule has 15 heteroatoms. The zero-order chi connectivity index (χ0) is 28.6. The molecule has 1 unspecified atom stereocenters. The molecule has 8 nitrogen and oxygen atoms in total. The Morgan fingerprint density at radius 3 is 2.50 bits per heavy atom. The molecule has 3 N–H and O–H groups in total. The number of rotatable bonds is 6. The molecule has 1 amide bonds. The molecule has 1 aliphatic heterocycles. The van der Waals surface area contributed by atoms with Crippen molar-refractivity contribution in [2.75, 3.05) is 11.1 Å². The molecule has 4 aromatic rings. The van der Waals surface area contributed by atoms with Crippen LogP contribution in [-0.4, -0.2) is 42.6 Å². The predicted molar refractivity (Wildman–Crippen MR) is 126 cm³/mol. The molecule has 1 atom stereocenters. The molecule has 40 heavy (non-hydrogen) atoms. The van der Waals surface area contributed by atoms with E-state index in [-0.39, 0.29) is 51.3 Å². The van der Waals surface area contributed by atoms with Gasteiger partial charge in [0.25, 0.3) is 0 Å². The number of carbonyl (C=O) groups is 1. The van der Waals surface area contributed by atoms with Gasteiger partial charge in [0.1, 0.15) is 23.4 Å². The molecule has 4 heterocycles. The Morgan fingerprint density at radius 1 is 1.07 bits per heavy atom. The number of alkyl halides is 5. The van der Waals surface area contributed by atoms with Crippen LogP contribution in [-0.2, 0) is 16.6 Å². The average molecular weight is 565 g/mol. The number of carbonyl (C=O) groups excluding carboxylic acids is 1. The molecule has 1 aliphatic carbocycles. The number of nitrogens with zero attached hydrogens (tertiary/aromatic N) is 5. The zero-order valence-electron chi connectivity index (χ0n) is 20.2. The molecule has 1 fully saturated rings. The lowest BCUT2D eigenvalue weighted by atomic mass is 9.71. The number of halogens is 7. The van der Waals surface area contributed by atoms with Crippen molar-refractivity contribution in [1.82, 2.24) is 24.6 Å². The highest BCUT2D eigenvalue weighted by molar-refractivity contribution is 6.10. The van der Waals surface area contributed by atoms with Crippen LogP contribution in [0.2, 0.25) is 0 Å². The standard InChI is InChI=1S/C25H18F7N7O/c26-15-4-3-14(8-16(15)27)24(13-1-2-13)17-18(33)36-19(37-20(17)38-22(24)40)12-7-11(21-34-10-35-39(21)9-12)5-6-23(28,29)25(30,31)32/h3-4,7-10,13H,1-2,5-6H2,(H3,33,36,37,38,40). The molecular formula is C25H18F7N7O. The van der Waals surface area contributed by atoms with Crippen LogP contribution in [0.1, 0.15) is 36.0 Å². The van der Waals surface area contributed by atoms with Crippen molar-refractivity contribution in [3.8, 4) is 11.4 Å². The van der Waals surface area contributed by atoms with Gasteiger partial charge in [-0.3, -0.25) is 4.79 Å². The van der Waals surface area contributed by atoms with Crippen LogP contribution >= 0.6 is 0 Å². The number of benzene rings is 1. The number of aromatic nitrogens is 5. The van der Waals surface area contributed by atoms with E-state index < -0.39 is 47.9 Å². The first-order chi connectivity index (χ1) is 18.8. The summed E-state index contributed by atoms with van der Waals surface area (Å²) in [4.78, 5) is 26.1. The summed E-state index contributed by atoms with van der Waals surface area (Å²) in [6, 6.07) is 4.47. The van der Waals surface area contributed by atoms with Gasteiger partial charge in [0.2, 0.25) is 5.91 Å². The quantitative estimate of drug-likeness (QED) is 0.324. The normalized spacial score (nSPS) is 19.2. The third kappa shape index (κ3) is 3.85. The molecule has 208 valence electrons. The lowest BCUT2D eigenvalue weighted by molar-refractivity contribution is -0.284. The Labute approximate surface area is 220 Å². The number of nitrogens with two attached hydrogens (primary N) is 1. The number of aryl methyl sites for hydroxylation is 1. The second-order valence-electron chi connectivity index (χ2n) is 9.81. The number of hydrogen-bond donors (Lipinski definition) is 2. The SMILES string of the molecule is Nc1nc(-c2cc(CCC(F)(F)C(F)(F)F)c3ncnn3c2)nc2c1C(c1ccc(F)c(F)c1)(C1CC1)C(=O)N2. The van der Waals surface area contributed by atoms with E-state index in [2.05, 4.69) is 25.4 Å². The van der Waals surface area contributed by atoms with E-state index in [1.807, 2.05) is 0 Å². The van der Waals surface area contributed by atoms with Gasteiger partial charge in [-0.05, 0) is 54.5 Å². The predicted octanol–water partition coefficient (Wildman–Crippen LogP) is 4.83. The van der Waals surface area contributed by atoms with Crippen molar-refractivity contribution in [2.45, 2.75) is 43.2 Å². The lowest BCUT2D eigenvalue weighted by Crippen LogP contribution is -2.38. The molecule has 1 aromatic carbocycles. The van der Waals surface area contributed by atoms with Crippen LogP contribution in [0.5, 0.6) is 0 Å². The molecule has 0 bridgehead atoms. The van der Waals surface area contributed by atoms with E-state index in [0.717, 1.165) is 18.5 Å². The molecule has 0 radical (unpaired) electrons. The van der Waals surface area contributed by atoms with Crippen molar-refractivity contribution >= 4 is 23.2 Å². The maximum Gasteiger partial charge on any atom is 0.453 e. The highest BCUT2D eigenvalue weighted by Crippen LogP contribution is 2.57. The van der Waals surface area contributed by atoms with Gasteiger partial charge in [0.15, 0.2) is 23.1 Å². The largest absolute Gasteiger partial charge is 0.453 e. The van der Waals surface area contributed by atoms with Gasteiger partial charge in [-0.15, -0.1) is 0 Å². The van der Waals surface area contributed by atoms with Crippen LogP contribution in [0, 0.1) is 17.6 Å². The number of fused-ring (bicyclic) bond motifs is 2. The maximum absolute atomic E-state index is 14.2. The smallest absolute Gasteiger partial charge is 0.383 e. The van der Waals surface area contributed by atoms with E-state index in [1.54, 1.807) is 0 Å². The summed E-state index contributed by atoms with van der Waals surface area (Å²) >= 11 is 0. The van der Waals surface area contributed by atoms with Crippen LogP contribution < -0.4 is 11.1 Å². The van der Waals surface area contributed by atoms with Crippen molar-refractivity contribution < 1.29 is 35.5 Å². The van der Waals surface area contributed by atoms with E-state index >= 15 is 0 Å². The molecule has 3 aromatic heterocycles. The minimum Gasteiger partial charge on any atom is -0.383 e. The fraction of sp³-hybridized carbons (Fsp3) is 0.320. The fourth-order valence-corrected chi connectivity index (χ4v) is 5.30. The summed E-state index contributed by atoms with van der Waals surface area (Å²) in [5, 5.41) is 6.60. The van der Waals surface area contributed by atoms with E-state index in [0.29, 0.717) is 12.8 Å². The van der Waals surface area contributed by atoms with Gasteiger partial charge in [-0.25, -0.2) is 28.2 Å². The van der Waals surface area contributed by atoms with Gasteiger partial charge >= 0.3 is 12.1 Å². The number of pyridine rings is 1. The zero-order valence-corrected chi connectivity index (χ0v) is 20.2. The van der Waals surface area contributed by atoms with E-state index in [4.69, 9.17) is 5.73 Å². The maximum atomic E-state index is 14.2. The average Bonchev–Trinajstić information content (AvgIpc) is 3.53. The molecule has 0 saturated heterocycles. The minimum absolute atomic E-state index is 0.0213. The van der Waals surface area contributed by atoms with Crippen LogP contribution in [0.3, 0.4) is 0 Å². The number of nitrogen functional groups attached to an aromatic ring is 1. The summed E-state index contributed by atoms with van der Waals surface area (Å²) in [6.07, 6.45) is -4.22. The van der Waals surface area contributed by atoms with Gasteiger partial charge < -0.3 is 11.1 Å². The molecule has 6 rings (SSSR count). The van der Waals surface area contributed by atoms with Crippen LogP contribution in [0.15, 0.2) is 36.8 Å². The van der Waals surface area contributed by atoms with Crippen LogP contribution in [0.25, 0.3) is 17.0 Å².